The average molecular weight is 454 g/mol. The molecule has 2 aromatic heterocycles. The topological polar surface area (TPSA) is 46.5 Å². The standard InChI is InChI=1S/C24H27N3O2S2/c1-29-19-6-4-18(5-7-19)26-13-8-17(9-14-26)25-23(28)22-20-10-15-30-16-21(20)31-24(22)27-11-2-3-12-27/h2-7,11-12,17H,8-10,13-16H2,1H3,(H,25,28). The summed E-state index contributed by atoms with van der Waals surface area (Å²) in [4.78, 5) is 17.2. The molecular formula is C24H27N3O2S2. The molecule has 2 aliphatic heterocycles. The number of hydrogen-bond donors (Lipinski definition) is 1. The van der Waals surface area contributed by atoms with Crippen molar-refractivity contribution in [3.8, 4) is 10.8 Å². The number of hydrogen-bond acceptors (Lipinski definition) is 5. The van der Waals surface area contributed by atoms with Crippen LogP contribution in [0.25, 0.3) is 5.00 Å². The zero-order valence-electron chi connectivity index (χ0n) is 17.7. The summed E-state index contributed by atoms with van der Waals surface area (Å²) in [6.45, 7) is 1.89. The fraction of sp³-hybridized carbons (Fsp3) is 0.375. The first-order valence-corrected chi connectivity index (χ1v) is 12.8. The van der Waals surface area contributed by atoms with Gasteiger partial charge in [0.1, 0.15) is 10.8 Å². The van der Waals surface area contributed by atoms with E-state index in [-0.39, 0.29) is 11.9 Å². The molecule has 31 heavy (non-hydrogen) atoms. The van der Waals surface area contributed by atoms with Crippen molar-refractivity contribution in [2.24, 2.45) is 0 Å². The number of rotatable bonds is 5. The molecule has 0 spiro atoms. The summed E-state index contributed by atoms with van der Waals surface area (Å²) in [6, 6.07) is 12.5. The highest BCUT2D eigenvalue weighted by Gasteiger charge is 2.28. The van der Waals surface area contributed by atoms with E-state index in [0.29, 0.717) is 0 Å². The molecule has 1 amide bonds. The molecular weight excluding hydrogens is 426 g/mol. The fourth-order valence-corrected chi connectivity index (χ4v) is 6.88. The van der Waals surface area contributed by atoms with E-state index in [9.17, 15) is 4.79 Å². The number of thioether (sulfide) groups is 1. The smallest absolute Gasteiger partial charge is 0.254 e. The van der Waals surface area contributed by atoms with Crippen LogP contribution in [0.15, 0.2) is 48.8 Å². The summed E-state index contributed by atoms with van der Waals surface area (Å²) < 4.78 is 7.35. The van der Waals surface area contributed by atoms with Crippen LogP contribution >= 0.6 is 23.1 Å². The van der Waals surface area contributed by atoms with Gasteiger partial charge in [0.15, 0.2) is 0 Å². The summed E-state index contributed by atoms with van der Waals surface area (Å²) in [5.74, 6) is 3.08. The molecule has 0 radical (unpaired) electrons. The Hall–Kier alpha value is -2.38. The van der Waals surface area contributed by atoms with Gasteiger partial charge in [-0.2, -0.15) is 11.8 Å². The van der Waals surface area contributed by atoms with E-state index in [2.05, 4.69) is 26.9 Å². The predicted octanol–water partition coefficient (Wildman–Crippen LogP) is 4.74. The molecule has 0 bridgehead atoms. The van der Waals surface area contributed by atoms with Gasteiger partial charge in [-0.05, 0) is 67.0 Å². The van der Waals surface area contributed by atoms with Gasteiger partial charge in [-0.1, -0.05) is 0 Å². The normalized spacial score (nSPS) is 16.7. The lowest BCUT2D eigenvalue weighted by molar-refractivity contribution is 0.0930. The molecule has 1 fully saturated rings. The van der Waals surface area contributed by atoms with Crippen LogP contribution in [0.1, 0.15) is 33.6 Å². The second-order valence-corrected chi connectivity index (χ2v) is 10.2. The van der Waals surface area contributed by atoms with Gasteiger partial charge in [0.25, 0.3) is 5.91 Å². The molecule has 3 aromatic rings. The number of aromatic nitrogens is 1. The van der Waals surface area contributed by atoms with Crippen molar-refractivity contribution >= 4 is 34.7 Å². The van der Waals surface area contributed by atoms with Crippen molar-refractivity contribution in [1.82, 2.24) is 9.88 Å². The van der Waals surface area contributed by atoms with Gasteiger partial charge in [0.05, 0.1) is 12.7 Å². The molecule has 0 atom stereocenters. The van der Waals surface area contributed by atoms with Crippen molar-refractivity contribution in [2.75, 3.05) is 30.9 Å². The monoisotopic (exact) mass is 453 g/mol. The van der Waals surface area contributed by atoms with Crippen LogP contribution in [0.3, 0.4) is 0 Å². The van der Waals surface area contributed by atoms with Gasteiger partial charge in [-0.25, -0.2) is 0 Å². The maximum absolute atomic E-state index is 13.4. The van der Waals surface area contributed by atoms with Crippen molar-refractivity contribution in [1.29, 1.82) is 0 Å². The highest BCUT2D eigenvalue weighted by Crippen LogP contribution is 2.38. The zero-order valence-corrected chi connectivity index (χ0v) is 19.3. The Kier molecular flexibility index (Phi) is 5.96. The molecule has 162 valence electrons. The number of carbonyl (C=O) groups excluding carboxylic acids is 1. The molecule has 1 N–H and O–H groups in total. The minimum atomic E-state index is 0.0935. The summed E-state index contributed by atoms with van der Waals surface area (Å²) in [7, 11) is 1.69. The fourth-order valence-electron chi connectivity index (χ4n) is 4.44. The Balaban J connectivity index is 1.28. The first-order valence-electron chi connectivity index (χ1n) is 10.8. The number of piperidine rings is 1. The van der Waals surface area contributed by atoms with Crippen molar-refractivity contribution in [3.05, 3.63) is 64.8 Å². The number of nitrogens with one attached hydrogen (secondary N) is 1. The summed E-state index contributed by atoms with van der Waals surface area (Å²) in [6.07, 6.45) is 6.97. The minimum absolute atomic E-state index is 0.0935. The molecule has 5 rings (SSSR count). The predicted molar refractivity (Wildman–Crippen MR) is 129 cm³/mol. The molecule has 1 aromatic carbocycles. The maximum Gasteiger partial charge on any atom is 0.254 e. The molecule has 0 unspecified atom stereocenters. The lowest BCUT2D eigenvalue weighted by Crippen LogP contribution is -2.45. The molecule has 7 heteroatoms. The van der Waals surface area contributed by atoms with Crippen molar-refractivity contribution in [2.45, 2.75) is 31.1 Å². The summed E-state index contributed by atoms with van der Waals surface area (Å²) in [5, 5.41) is 4.43. The van der Waals surface area contributed by atoms with Gasteiger partial charge < -0.3 is 19.5 Å². The molecule has 2 aliphatic rings. The van der Waals surface area contributed by atoms with Gasteiger partial charge in [0, 0.05) is 47.8 Å². The van der Waals surface area contributed by atoms with Crippen LogP contribution < -0.4 is 15.0 Å². The first-order chi connectivity index (χ1) is 15.2. The van der Waals surface area contributed by atoms with Gasteiger partial charge in [-0.3, -0.25) is 4.79 Å². The molecule has 4 heterocycles. The SMILES string of the molecule is COc1ccc(N2CCC(NC(=O)c3c(-n4cccc4)sc4c3CCSC4)CC2)cc1. The van der Waals surface area contributed by atoms with Crippen LogP contribution in [-0.4, -0.2) is 42.5 Å². The lowest BCUT2D eigenvalue weighted by atomic mass is 10.0. The second-order valence-electron chi connectivity index (χ2n) is 8.01. The van der Waals surface area contributed by atoms with Gasteiger partial charge in [-0.15, -0.1) is 11.3 Å². The van der Waals surface area contributed by atoms with E-state index in [1.54, 1.807) is 18.4 Å². The van der Waals surface area contributed by atoms with Crippen LogP contribution in [0.2, 0.25) is 0 Å². The van der Waals surface area contributed by atoms with E-state index in [4.69, 9.17) is 4.74 Å². The third-order valence-electron chi connectivity index (χ3n) is 6.14. The quantitative estimate of drug-likeness (QED) is 0.606. The van der Waals surface area contributed by atoms with E-state index < -0.39 is 0 Å². The number of benzene rings is 1. The Morgan fingerprint density at radius 2 is 1.87 bits per heavy atom. The number of fused-ring (bicyclic) bond motifs is 1. The first kappa shape index (κ1) is 20.5. The number of ether oxygens (including phenoxy) is 1. The molecule has 0 saturated carbocycles. The lowest BCUT2D eigenvalue weighted by Gasteiger charge is -2.34. The van der Waals surface area contributed by atoms with Crippen LogP contribution in [0.5, 0.6) is 5.75 Å². The van der Waals surface area contributed by atoms with E-state index >= 15 is 0 Å². The number of carbonyl (C=O) groups is 1. The number of nitrogens with zero attached hydrogens (tertiary/aromatic N) is 2. The van der Waals surface area contributed by atoms with E-state index in [1.165, 1.54) is 16.1 Å². The minimum Gasteiger partial charge on any atom is -0.497 e. The third kappa shape index (κ3) is 4.21. The van der Waals surface area contributed by atoms with Crippen LogP contribution in [0, 0.1) is 0 Å². The maximum atomic E-state index is 13.4. The second kappa shape index (κ2) is 9.01. The van der Waals surface area contributed by atoms with Gasteiger partial charge in [0.2, 0.25) is 0 Å². The van der Waals surface area contributed by atoms with Crippen molar-refractivity contribution in [3.63, 3.8) is 0 Å². The Morgan fingerprint density at radius 1 is 1.13 bits per heavy atom. The number of anilines is 1. The number of thiophene rings is 1. The Morgan fingerprint density at radius 3 is 2.58 bits per heavy atom. The number of methoxy groups -OCH3 is 1. The highest BCUT2D eigenvalue weighted by atomic mass is 32.2. The molecule has 1 saturated heterocycles. The van der Waals surface area contributed by atoms with Crippen LogP contribution in [-0.2, 0) is 12.2 Å². The summed E-state index contributed by atoms with van der Waals surface area (Å²) >= 11 is 3.73. The Bertz CT molecular complexity index is 1040. The zero-order chi connectivity index (χ0) is 21.2. The summed E-state index contributed by atoms with van der Waals surface area (Å²) in [5.41, 5.74) is 3.37. The molecule has 0 aliphatic carbocycles. The van der Waals surface area contributed by atoms with E-state index in [1.807, 2.05) is 48.4 Å². The highest BCUT2D eigenvalue weighted by molar-refractivity contribution is 7.98. The van der Waals surface area contributed by atoms with Crippen LogP contribution in [0.4, 0.5) is 5.69 Å². The molecule has 5 nitrogen and oxygen atoms in total. The van der Waals surface area contributed by atoms with E-state index in [0.717, 1.165) is 60.2 Å². The number of amides is 1. The average Bonchev–Trinajstić information content (AvgIpc) is 3.47. The van der Waals surface area contributed by atoms with Crippen molar-refractivity contribution < 1.29 is 9.53 Å². The van der Waals surface area contributed by atoms with Gasteiger partial charge >= 0.3 is 0 Å². The Labute approximate surface area is 191 Å². The third-order valence-corrected chi connectivity index (χ3v) is 8.55. The largest absolute Gasteiger partial charge is 0.497 e.